The number of benzene rings is 2. The van der Waals surface area contributed by atoms with Gasteiger partial charge in [-0.2, -0.15) is 0 Å². The number of rotatable bonds is 3. The molecule has 0 aliphatic carbocycles. The van der Waals surface area contributed by atoms with Gasteiger partial charge in [0.15, 0.2) is 0 Å². The van der Waals surface area contributed by atoms with Crippen LogP contribution in [0.1, 0.15) is 12.8 Å². The molecule has 0 radical (unpaired) electrons. The third-order valence-corrected chi connectivity index (χ3v) is 4.52. The molecule has 0 unspecified atom stereocenters. The van der Waals surface area contributed by atoms with Gasteiger partial charge in [-0.3, -0.25) is 4.79 Å². The molecule has 2 aromatic carbocycles. The Morgan fingerprint density at radius 1 is 0.955 bits per heavy atom. The average molecular weight is 408 g/mol. The summed E-state index contributed by atoms with van der Waals surface area (Å²) in [4.78, 5) is 12.1. The van der Waals surface area contributed by atoms with Crippen LogP contribution in [0.5, 0.6) is 5.75 Å². The monoisotopic (exact) mass is 408 g/mol. The molecular weight excluding hydrogens is 391 g/mol. The predicted octanol–water partition coefficient (Wildman–Crippen LogP) is 4.29. The zero-order chi connectivity index (χ0) is 15.4. The summed E-state index contributed by atoms with van der Waals surface area (Å²) < 4.78 is 11.9. The summed E-state index contributed by atoms with van der Waals surface area (Å²) in [5, 5.41) is 0. The summed E-state index contributed by atoms with van der Waals surface area (Å²) in [7, 11) is 0. The van der Waals surface area contributed by atoms with Gasteiger partial charge in [0.1, 0.15) is 5.75 Å². The average Bonchev–Trinajstić information content (AvgIpc) is 2.57. The second-order valence-electron chi connectivity index (χ2n) is 5.34. The van der Waals surface area contributed by atoms with E-state index < -0.39 is 0 Å². The standard InChI is InChI=1S/C18H17IO3/c19-16-5-1-13(2-6-16)14-3-7-17(8-4-14)22-18(20)15-9-11-21-12-10-15/h1-8,15H,9-12H2. The van der Waals surface area contributed by atoms with E-state index >= 15 is 0 Å². The third-order valence-electron chi connectivity index (χ3n) is 3.80. The summed E-state index contributed by atoms with van der Waals surface area (Å²) in [6.45, 7) is 1.29. The summed E-state index contributed by atoms with van der Waals surface area (Å²) in [5.74, 6) is 0.417. The SMILES string of the molecule is O=C(Oc1ccc(-c2ccc(I)cc2)cc1)C1CCOCC1. The van der Waals surface area contributed by atoms with Crippen LogP contribution >= 0.6 is 22.6 Å². The fourth-order valence-corrected chi connectivity index (χ4v) is 2.85. The smallest absolute Gasteiger partial charge is 0.314 e. The molecule has 0 amide bonds. The number of hydrogen-bond acceptors (Lipinski definition) is 3. The number of esters is 1. The molecule has 0 bridgehead atoms. The summed E-state index contributed by atoms with van der Waals surface area (Å²) in [5.41, 5.74) is 2.27. The lowest BCUT2D eigenvalue weighted by atomic mass is 10.0. The first-order chi connectivity index (χ1) is 10.7. The summed E-state index contributed by atoms with van der Waals surface area (Å²) in [6, 6.07) is 16.0. The van der Waals surface area contributed by atoms with Gasteiger partial charge in [0.05, 0.1) is 5.92 Å². The van der Waals surface area contributed by atoms with Crippen LogP contribution < -0.4 is 4.74 Å². The fourth-order valence-electron chi connectivity index (χ4n) is 2.49. The highest BCUT2D eigenvalue weighted by atomic mass is 127. The number of carbonyl (C=O) groups is 1. The van der Waals surface area contributed by atoms with E-state index in [1.54, 1.807) is 0 Å². The van der Waals surface area contributed by atoms with Crippen molar-refractivity contribution < 1.29 is 14.3 Å². The van der Waals surface area contributed by atoms with Crippen LogP contribution in [0.4, 0.5) is 0 Å². The van der Waals surface area contributed by atoms with Crippen molar-refractivity contribution in [1.29, 1.82) is 0 Å². The normalized spacial score (nSPS) is 15.5. The molecule has 114 valence electrons. The van der Waals surface area contributed by atoms with E-state index in [1.165, 1.54) is 3.57 Å². The number of hydrogen-bond donors (Lipinski definition) is 0. The van der Waals surface area contributed by atoms with Crippen molar-refractivity contribution in [3.8, 4) is 16.9 Å². The number of carbonyl (C=O) groups excluding carboxylic acids is 1. The van der Waals surface area contributed by atoms with E-state index in [-0.39, 0.29) is 11.9 Å². The van der Waals surface area contributed by atoms with E-state index in [1.807, 2.05) is 24.3 Å². The van der Waals surface area contributed by atoms with Gasteiger partial charge in [-0.15, -0.1) is 0 Å². The van der Waals surface area contributed by atoms with Crippen LogP contribution in [0.25, 0.3) is 11.1 Å². The van der Waals surface area contributed by atoms with Crippen molar-refractivity contribution in [2.45, 2.75) is 12.8 Å². The maximum atomic E-state index is 12.1. The van der Waals surface area contributed by atoms with Crippen molar-refractivity contribution in [2.75, 3.05) is 13.2 Å². The van der Waals surface area contributed by atoms with E-state index in [4.69, 9.17) is 9.47 Å². The molecule has 2 aromatic rings. The predicted molar refractivity (Wildman–Crippen MR) is 93.8 cm³/mol. The van der Waals surface area contributed by atoms with Gasteiger partial charge in [0.25, 0.3) is 0 Å². The molecule has 0 N–H and O–H groups in total. The Morgan fingerprint density at radius 3 is 2.09 bits per heavy atom. The Hall–Kier alpha value is -1.40. The Labute approximate surface area is 143 Å². The molecule has 1 heterocycles. The molecule has 0 aromatic heterocycles. The first-order valence-electron chi connectivity index (χ1n) is 7.38. The largest absolute Gasteiger partial charge is 0.426 e. The lowest BCUT2D eigenvalue weighted by Gasteiger charge is -2.20. The van der Waals surface area contributed by atoms with Gasteiger partial charge in [-0.1, -0.05) is 24.3 Å². The molecule has 22 heavy (non-hydrogen) atoms. The molecule has 0 spiro atoms. The highest BCUT2D eigenvalue weighted by Crippen LogP contribution is 2.24. The molecule has 1 aliphatic heterocycles. The molecule has 0 atom stereocenters. The minimum atomic E-state index is -0.148. The highest BCUT2D eigenvalue weighted by Gasteiger charge is 2.23. The van der Waals surface area contributed by atoms with Crippen molar-refractivity contribution in [1.82, 2.24) is 0 Å². The van der Waals surface area contributed by atoms with Crippen molar-refractivity contribution in [2.24, 2.45) is 5.92 Å². The van der Waals surface area contributed by atoms with Crippen LogP contribution in [0, 0.1) is 9.49 Å². The van der Waals surface area contributed by atoms with Crippen molar-refractivity contribution >= 4 is 28.6 Å². The fraction of sp³-hybridized carbons (Fsp3) is 0.278. The second kappa shape index (κ2) is 7.24. The Balaban J connectivity index is 1.66. The Kier molecular flexibility index (Phi) is 5.10. The minimum absolute atomic E-state index is 0.0374. The van der Waals surface area contributed by atoms with E-state index in [0.29, 0.717) is 19.0 Å². The number of halogens is 1. The van der Waals surface area contributed by atoms with Crippen LogP contribution in [0.15, 0.2) is 48.5 Å². The number of ether oxygens (including phenoxy) is 2. The van der Waals surface area contributed by atoms with Gasteiger partial charge in [0.2, 0.25) is 0 Å². The molecular formula is C18H17IO3. The van der Waals surface area contributed by atoms with E-state index in [9.17, 15) is 4.79 Å². The van der Waals surface area contributed by atoms with Crippen LogP contribution in [-0.2, 0) is 9.53 Å². The van der Waals surface area contributed by atoms with E-state index in [2.05, 4.69) is 46.9 Å². The molecule has 3 nitrogen and oxygen atoms in total. The molecule has 1 fully saturated rings. The molecule has 4 heteroatoms. The van der Waals surface area contributed by atoms with Crippen LogP contribution in [-0.4, -0.2) is 19.2 Å². The molecule has 0 saturated carbocycles. The molecule has 3 rings (SSSR count). The van der Waals surface area contributed by atoms with Gasteiger partial charge in [-0.25, -0.2) is 0 Å². The second-order valence-corrected chi connectivity index (χ2v) is 6.58. The minimum Gasteiger partial charge on any atom is -0.426 e. The lowest BCUT2D eigenvalue weighted by Crippen LogP contribution is -2.27. The Bertz CT molecular complexity index is 628. The highest BCUT2D eigenvalue weighted by molar-refractivity contribution is 14.1. The first kappa shape index (κ1) is 15.5. The summed E-state index contributed by atoms with van der Waals surface area (Å²) in [6.07, 6.45) is 1.50. The molecule has 1 aliphatic rings. The maximum absolute atomic E-state index is 12.1. The summed E-state index contributed by atoms with van der Waals surface area (Å²) >= 11 is 2.29. The topological polar surface area (TPSA) is 35.5 Å². The molecule has 1 saturated heterocycles. The zero-order valence-corrected chi connectivity index (χ0v) is 14.3. The lowest BCUT2D eigenvalue weighted by molar-refractivity contribution is -0.141. The van der Waals surface area contributed by atoms with Gasteiger partial charge < -0.3 is 9.47 Å². The van der Waals surface area contributed by atoms with Crippen LogP contribution in [0.3, 0.4) is 0 Å². The first-order valence-corrected chi connectivity index (χ1v) is 8.46. The quantitative estimate of drug-likeness (QED) is 0.432. The van der Waals surface area contributed by atoms with Crippen LogP contribution in [0.2, 0.25) is 0 Å². The van der Waals surface area contributed by atoms with Gasteiger partial charge in [0, 0.05) is 16.8 Å². The maximum Gasteiger partial charge on any atom is 0.314 e. The van der Waals surface area contributed by atoms with Gasteiger partial charge >= 0.3 is 5.97 Å². The zero-order valence-electron chi connectivity index (χ0n) is 12.1. The Morgan fingerprint density at radius 2 is 1.50 bits per heavy atom. The van der Waals surface area contributed by atoms with Crippen molar-refractivity contribution in [3.05, 3.63) is 52.1 Å². The third kappa shape index (κ3) is 3.87. The van der Waals surface area contributed by atoms with E-state index in [0.717, 1.165) is 24.0 Å². The van der Waals surface area contributed by atoms with Crippen molar-refractivity contribution in [3.63, 3.8) is 0 Å². The van der Waals surface area contributed by atoms with Gasteiger partial charge in [-0.05, 0) is 70.8 Å².